The first-order valence-electron chi connectivity index (χ1n) is 6.53. The number of piperidine rings is 1. The van der Waals surface area contributed by atoms with Gasteiger partial charge in [0.05, 0.1) is 18.3 Å². The number of carbonyl (C=O) groups is 1. The summed E-state index contributed by atoms with van der Waals surface area (Å²) in [6, 6.07) is 4.43. The molecule has 6 heteroatoms. The molecule has 0 spiro atoms. The molecule has 0 bridgehead atoms. The van der Waals surface area contributed by atoms with E-state index in [4.69, 9.17) is 4.74 Å². The van der Waals surface area contributed by atoms with E-state index in [0.717, 1.165) is 18.2 Å². The van der Waals surface area contributed by atoms with Crippen molar-refractivity contribution in [3.05, 3.63) is 34.1 Å². The number of hydrogen-bond donors (Lipinski definition) is 0. The van der Waals surface area contributed by atoms with Crippen LogP contribution in [0.4, 0.5) is 4.39 Å². The minimum absolute atomic E-state index is 0.124. The zero-order chi connectivity index (χ0) is 14.5. The average molecular weight is 409 g/mol. The van der Waals surface area contributed by atoms with Crippen LogP contribution in [-0.4, -0.2) is 41.9 Å². The summed E-state index contributed by atoms with van der Waals surface area (Å²) < 4.78 is 20.1. The molecule has 0 aliphatic carbocycles. The summed E-state index contributed by atoms with van der Waals surface area (Å²) in [6.07, 6.45) is 1.80. The highest BCUT2D eigenvalue weighted by Gasteiger charge is 2.25. The van der Waals surface area contributed by atoms with Crippen molar-refractivity contribution < 1.29 is 13.9 Å². The van der Waals surface area contributed by atoms with E-state index in [0.29, 0.717) is 24.2 Å². The van der Waals surface area contributed by atoms with Gasteiger partial charge in [-0.05, 0) is 31.0 Å². The van der Waals surface area contributed by atoms with Crippen LogP contribution in [0, 0.1) is 5.82 Å². The van der Waals surface area contributed by atoms with Gasteiger partial charge in [0.2, 0.25) is 0 Å². The van der Waals surface area contributed by atoms with Crippen molar-refractivity contribution >= 4 is 37.8 Å². The molecule has 0 aromatic heterocycles. The highest BCUT2D eigenvalue weighted by molar-refractivity contribution is 9.10. The van der Waals surface area contributed by atoms with Gasteiger partial charge in [-0.3, -0.25) is 4.79 Å². The Labute approximate surface area is 134 Å². The van der Waals surface area contributed by atoms with Crippen LogP contribution in [0.25, 0.3) is 0 Å². The lowest BCUT2D eigenvalue weighted by Crippen LogP contribution is -2.41. The molecule has 0 radical (unpaired) electrons. The molecule has 1 fully saturated rings. The van der Waals surface area contributed by atoms with Gasteiger partial charge < -0.3 is 9.64 Å². The third-order valence-electron chi connectivity index (χ3n) is 3.32. The molecule has 110 valence electrons. The Morgan fingerprint density at radius 2 is 2.10 bits per heavy atom. The van der Waals surface area contributed by atoms with Crippen LogP contribution >= 0.6 is 31.9 Å². The third kappa shape index (κ3) is 4.02. The fourth-order valence-corrected chi connectivity index (χ4v) is 2.82. The molecule has 0 N–H and O–H groups in total. The largest absolute Gasteiger partial charge is 0.377 e. The fraction of sp³-hybridized carbons (Fsp3) is 0.500. The minimum Gasteiger partial charge on any atom is -0.377 e. The van der Waals surface area contributed by atoms with E-state index in [9.17, 15) is 9.18 Å². The lowest BCUT2D eigenvalue weighted by atomic mass is 10.1. The van der Waals surface area contributed by atoms with E-state index < -0.39 is 5.82 Å². The lowest BCUT2D eigenvalue weighted by molar-refractivity contribution is 0.0158. The predicted molar refractivity (Wildman–Crippen MR) is 82.8 cm³/mol. The first kappa shape index (κ1) is 15.9. The van der Waals surface area contributed by atoms with Crippen LogP contribution in [-0.2, 0) is 4.74 Å². The van der Waals surface area contributed by atoms with Crippen LogP contribution in [0.2, 0.25) is 0 Å². The Morgan fingerprint density at radius 1 is 1.40 bits per heavy atom. The van der Waals surface area contributed by atoms with Crippen molar-refractivity contribution in [2.45, 2.75) is 18.9 Å². The molecule has 0 unspecified atom stereocenters. The number of ether oxygens (including phenoxy) is 1. The molecule has 3 nitrogen and oxygen atoms in total. The Morgan fingerprint density at radius 3 is 2.75 bits per heavy atom. The van der Waals surface area contributed by atoms with Crippen molar-refractivity contribution in [1.29, 1.82) is 0 Å². The van der Waals surface area contributed by atoms with Gasteiger partial charge >= 0.3 is 0 Å². The summed E-state index contributed by atoms with van der Waals surface area (Å²) in [5, 5.41) is 0.815. The Balaban J connectivity index is 1.96. The van der Waals surface area contributed by atoms with Gasteiger partial charge in [-0.2, -0.15) is 0 Å². The minimum atomic E-state index is -0.476. The second-order valence-electron chi connectivity index (χ2n) is 4.68. The monoisotopic (exact) mass is 407 g/mol. The smallest absolute Gasteiger partial charge is 0.256 e. The maximum atomic E-state index is 13.7. The van der Waals surface area contributed by atoms with Crippen molar-refractivity contribution in [3.8, 4) is 0 Å². The number of benzene rings is 1. The fourth-order valence-electron chi connectivity index (χ4n) is 2.27. The van der Waals surface area contributed by atoms with E-state index in [2.05, 4.69) is 31.9 Å². The number of hydrogen-bond acceptors (Lipinski definition) is 2. The summed E-state index contributed by atoms with van der Waals surface area (Å²) in [4.78, 5) is 14.0. The first-order valence-corrected chi connectivity index (χ1v) is 8.45. The predicted octanol–water partition coefficient (Wildman–Crippen LogP) is 3.60. The molecular weight excluding hydrogens is 393 g/mol. The first-order chi connectivity index (χ1) is 9.61. The molecule has 20 heavy (non-hydrogen) atoms. The summed E-state index contributed by atoms with van der Waals surface area (Å²) in [5.41, 5.74) is 0.124. The van der Waals surface area contributed by atoms with Crippen LogP contribution in [0.3, 0.4) is 0 Å². The highest BCUT2D eigenvalue weighted by atomic mass is 79.9. The molecule has 1 heterocycles. The van der Waals surface area contributed by atoms with Crippen LogP contribution < -0.4 is 0 Å². The molecule has 0 atom stereocenters. The number of halogens is 3. The molecule has 1 aliphatic rings. The van der Waals surface area contributed by atoms with Crippen molar-refractivity contribution in [2.75, 3.05) is 25.0 Å². The maximum absolute atomic E-state index is 13.7. The van der Waals surface area contributed by atoms with Crippen LogP contribution in [0.15, 0.2) is 22.7 Å². The second-order valence-corrected chi connectivity index (χ2v) is 6.38. The normalized spacial score (nSPS) is 16.4. The number of amides is 1. The molecule has 1 amide bonds. The average Bonchev–Trinajstić information content (AvgIpc) is 2.47. The Hall–Kier alpha value is -0.460. The number of nitrogens with zero attached hydrogens (tertiary/aromatic N) is 1. The summed E-state index contributed by atoms with van der Waals surface area (Å²) in [7, 11) is 0. The second kappa shape index (κ2) is 7.52. The highest BCUT2D eigenvalue weighted by Crippen LogP contribution is 2.20. The van der Waals surface area contributed by atoms with Crippen molar-refractivity contribution in [2.24, 2.45) is 0 Å². The van der Waals surface area contributed by atoms with Crippen molar-refractivity contribution in [3.63, 3.8) is 0 Å². The van der Waals surface area contributed by atoms with E-state index in [1.165, 1.54) is 12.1 Å². The number of rotatable bonds is 4. The molecule has 2 rings (SSSR count). The van der Waals surface area contributed by atoms with Gasteiger partial charge in [0.1, 0.15) is 5.82 Å². The van der Waals surface area contributed by atoms with Crippen LogP contribution in [0.5, 0.6) is 0 Å². The summed E-state index contributed by atoms with van der Waals surface area (Å²) in [6.45, 7) is 1.90. The molecule has 1 aliphatic heterocycles. The van der Waals surface area contributed by atoms with E-state index in [1.807, 2.05) is 0 Å². The van der Waals surface area contributed by atoms with E-state index in [1.54, 1.807) is 11.0 Å². The summed E-state index contributed by atoms with van der Waals surface area (Å²) in [5.74, 6) is -0.724. The van der Waals surface area contributed by atoms with Gasteiger partial charge in [-0.1, -0.05) is 31.9 Å². The topological polar surface area (TPSA) is 29.5 Å². The Bertz CT molecular complexity index is 476. The van der Waals surface area contributed by atoms with E-state index >= 15 is 0 Å². The number of likely N-dealkylation sites (tertiary alicyclic amines) is 1. The van der Waals surface area contributed by atoms with Gasteiger partial charge in [0.15, 0.2) is 0 Å². The molecule has 0 saturated carbocycles. The van der Waals surface area contributed by atoms with E-state index in [-0.39, 0.29) is 17.6 Å². The Kier molecular flexibility index (Phi) is 5.99. The van der Waals surface area contributed by atoms with Crippen LogP contribution in [0.1, 0.15) is 23.2 Å². The quantitative estimate of drug-likeness (QED) is 0.712. The molecule has 1 saturated heterocycles. The number of carbonyl (C=O) groups excluding carboxylic acids is 1. The lowest BCUT2D eigenvalue weighted by Gasteiger charge is -2.32. The van der Waals surface area contributed by atoms with Gasteiger partial charge in [0, 0.05) is 22.9 Å². The zero-order valence-electron chi connectivity index (χ0n) is 10.9. The van der Waals surface area contributed by atoms with Gasteiger partial charge in [0.25, 0.3) is 5.91 Å². The third-order valence-corrected chi connectivity index (χ3v) is 4.14. The van der Waals surface area contributed by atoms with Crippen molar-refractivity contribution in [1.82, 2.24) is 4.90 Å². The van der Waals surface area contributed by atoms with Gasteiger partial charge in [-0.15, -0.1) is 0 Å². The standard InChI is InChI=1S/C14H16Br2FNO2/c15-5-8-20-11-3-6-18(7-4-11)14(19)12-9-10(16)1-2-13(12)17/h1-2,9,11H,3-8H2. The molecule has 1 aromatic rings. The van der Waals surface area contributed by atoms with Gasteiger partial charge in [-0.25, -0.2) is 4.39 Å². The SMILES string of the molecule is O=C(c1cc(Br)ccc1F)N1CCC(OCCBr)CC1. The summed E-state index contributed by atoms with van der Waals surface area (Å²) >= 11 is 6.59. The maximum Gasteiger partial charge on any atom is 0.256 e. The zero-order valence-corrected chi connectivity index (χ0v) is 14.1. The number of alkyl halides is 1. The molecular formula is C14H16Br2FNO2. The molecule has 1 aromatic carbocycles.